The number of halogens is 1. The molecule has 0 aliphatic carbocycles. The topological polar surface area (TPSA) is 27.7 Å². The van der Waals surface area contributed by atoms with Gasteiger partial charge in [0.05, 0.1) is 30.5 Å². The summed E-state index contributed by atoms with van der Waals surface area (Å²) < 4.78 is 19.6. The normalized spacial score (nSPS) is 33.3. The lowest BCUT2D eigenvalue weighted by Gasteiger charge is -2.37. The Morgan fingerprint density at radius 2 is 1.77 bits per heavy atom. The van der Waals surface area contributed by atoms with Crippen molar-refractivity contribution >= 4 is 24.2 Å². The lowest BCUT2D eigenvalue weighted by Crippen LogP contribution is -2.45. The molecule has 2 aliphatic heterocycles. The molecule has 0 radical (unpaired) electrons. The molecule has 5 atom stereocenters. The van der Waals surface area contributed by atoms with Crippen molar-refractivity contribution in [1.82, 2.24) is 0 Å². The molecule has 0 aromatic rings. The van der Waals surface area contributed by atoms with E-state index >= 15 is 0 Å². The van der Waals surface area contributed by atoms with Gasteiger partial charge in [-0.05, 0) is 43.5 Å². The van der Waals surface area contributed by atoms with Gasteiger partial charge in [-0.25, -0.2) is 0 Å². The number of rotatable bonds is 7. The van der Waals surface area contributed by atoms with E-state index in [0.29, 0.717) is 0 Å². The van der Waals surface area contributed by atoms with E-state index in [1.54, 1.807) is 4.99 Å². The monoisotopic (exact) mass is 442 g/mol. The molecule has 0 N–H and O–H groups in total. The second-order valence-corrected chi connectivity index (χ2v) is 12.5. The van der Waals surface area contributed by atoms with Crippen LogP contribution in [0.1, 0.15) is 53.4 Å². The van der Waals surface area contributed by atoms with Crippen molar-refractivity contribution < 1.29 is 13.9 Å². The van der Waals surface area contributed by atoms with Crippen LogP contribution < -0.4 is 0 Å². The molecular formula is C21H35BrO3Si. The summed E-state index contributed by atoms with van der Waals surface area (Å²) in [5.74, 6) is 0. The third-order valence-corrected chi connectivity index (χ3v) is 10.9. The summed E-state index contributed by atoms with van der Waals surface area (Å²) in [4.78, 5) is 1.74. The maximum Gasteiger partial charge on any atom is 0.192 e. The van der Waals surface area contributed by atoms with Crippen LogP contribution in [-0.2, 0) is 13.9 Å². The SMILES string of the molecule is CC[C@H]1O[C@H]2C[C@H](C=C=CBr)O[C@H]2C/C=C\C[C@H]1O[Si](CC)(CC)CC. The van der Waals surface area contributed by atoms with Gasteiger partial charge in [0, 0.05) is 11.4 Å². The van der Waals surface area contributed by atoms with Gasteiger partial charge in [0.2, 0.25) is 0 Å². The van der Waals surface area contributed by atoms with Gasteiger partial charge < -0.3 is 13.9 Å². The minimum absolute atomic E-state index is 0.0823. The third kappa shape index (κ3) is 5.67. The Bertz CT molecular complexity index is 503. The summed E-state index contributed by atoms with van der Waals surface area (Å²) in [6.07, 6.45) is 10.9. The van der Waals surface area contributed by atoms with Crippen molar-refractivity contribution in [2.75, 3.05) is 0 Å². The Labute approximate surface area is 169 Å². The summed E-state index contributed by atoms with van der Waals surface area (Å²) in [7, 11) is -1.65. The van der Waals surface area contributed by atoms with Gasteiger partial charge in [-0.2, -0.15) is 0 Å². The number of fused-ring (bicyclic) bond motifs is 1. The summed E-state index contributed by atoms with van der Waals surface area (Å²) in [5.41, 5.74) is 3.08. The van der Waals surface area contributed by atoms with Crippen LogP contribution >= 0.6 is 15.9 Å². The van der Waals surface area contributed by atoms with E-state index in [1.165, 1.54) is 18.1 Å². The van der Waals surface area contributed by atoms with Crippen molar-refractivity contribution in [1.29, 1.82) is 0 Å². The van der Waals surface area contributed by atoms with Gasteiger partial charge in [0.1, 0.15) is 0 Å². The highest BCUT2D eigenvalue weighted by Crippen LogP contribution is 2.33. The minimum Gasteiger partial charge on any atom is -0.411 e. The average Bonchev–Trinajstić information content (AvgIpc) is 3.08. The first kappa shape index (κ1) is 22.1. The average molecular weight is 443 g/mol. The van der Waals surface area contributed by atoms with Crippen molar-refractivity contribution in [2.24, 2.45) is 0 Å². The molecule has 0 unspecified atom stereocenters. The lowest BCUT2D eigenvalue weighted by atomic mass is 10.1. The smallest absolute Gasteiger partial charge is 0.192 e. The molecule has 2 heterocycles. The standard InChI is InChI=1S/C21H35BrO3Si/c1-5-18-20(25-26(6-2,7-3)8-4)14-10-9-13-19-21(24-18)16-17(23-19)12-11-15-22/h9-10,12,15,17-21H,5-8,13-14,16H2,1-4H3/b10-9-/t11?,17-,18+,19-,20+,21-/m0/s1. The molecule has 148 valence electrons. The van der Waals surface area contributed by atoms with Crippen LogP contribution in [0.3, 0.4) is 0 Å². The molecule has 5 heteroatoms. The van der Waals surface area contributed by atoms with E-state index in [4.69, 9.17) is 13.9 Å². The Morgan fingerprint density at radius 1 is 1.08 bits per heavy atom. The Kier molecular flexibility index (Phi) is 9.35. The highest BCUT2D eigenvalue weighted by molar-refractivity contribution is 9.11. The summed E-state index contributed by atoms with van der Waals surface area (Å²) in [6, 6.07) is 3.53. The first-order valence-electron chi connectivity index (χ1n) is 10.3. The predicted octanol–water partition coefficient (Wildman–Crippen LogP) is 6.11. The van der Waals surface area contributed by atoms with E-state index in [-0.39, 0.29) is 30.5 Å². The van der Waals surface area contributed by atoms with Crippen LogP contribution in [0.2, 0.25) is 18.1 Å². The predicted molar refractivity (Wildman–Crippen MR) is 114 cm³/mol. The lowest BCUT2D eigenvalue weighted by molar-refractivity contribution is -0.0921. The Hall–Kier alpha value is -0.163. The van der Waals surface area contributed by atoms with Crippen LogP contribution in [0, 0.1) is 0 Å². The maximum atomic E-state index is 6.85. The zero-order valence-corrected chi connectivity index (χ0v) is 19.3. The Morgan fingerprint density at radius 3 is 2.38 bits per heavy atom. The fourth-order valence-corrected chi connectivity index (χ4v) is 7.12. The first-order chi connectivity index (χ1) is 12.6. The van der Waals surface area contributed by atoms with Gasteiger partial charge in [0.15, 0.2) is 8.32 Å². The van der Waals surface area contributed by atoms with E-state index < -0.39 is 8.32 Å². The number of hydrogen-bond donors (Lipinski definition) is 0. The molecule has 0 bridgehead atoms. The fourth-order valence-electron chi connectivity index (χ4n) is 4.08. The molecule has 1 saturated heterocycles. The van der Waals surface area contributed by atoms with Gasteiger partial charge in [-0.15, -0.1) is 5.73 Å². The van der Waals surface area contributed by atoms with Crippen LogP contribution in [0.5, 0.6) is 0 Å². The van der Waals surface area contributed by atoms with Crippen molar-refractivity contribution in [3.8, 4) is 0 Å². The minimum atomic E-state index is -1.65. The first-order valence-corrected chi connectivity index (χ1v) is 13.7. The molecule has 0 aromatic heterocycles. The largest absolute Gasteiger partial charge is 0.411 e. The summed E-state index contributed by atoms with van der Waals surface area (Å²) in [6.45, 7) is 9.09. The molecule has 26 heavy (non-hydrogen) atoms. The fraction of sp³-hybridized carbons (Fsp3) is 0.762. The molecule has 2 aliphatic rings. The number of hydrogen-bond acceptors (Lipinski definition) is 3. The zero-order chi connectivity index (χ0) is 19.0. The van der Waals surface area contributed by atoms with Gasteiger partial charge in [0.25, 0.3) is 0 Å². The van der Waals surface area contributed by atoms with E-state index in [2.05, 4.69) is 61.5 Å². The molecule has 3 nitrogen and oxygen atoms in total. The molecule has 0 amide bonds. The van der Waals surface area contributed by atoms with Gasteiger partial charge >= 0.3 is 0 Å². The van der Waals surface area contributed by atoms with Crippen molar-refractivity contribution in [3.05, 3.63) is 28.9 Å². The van der Waals surface area contributed by atoms with E-state index in [1.807, 2.05) is 6.08 Å². The molecule has 1 fully saturated rings. The summed E-state index contributed by atoms with van der Waals surface area (Å²) >= 11 is 3.27. The highest BCUT2D eigenvalue weighted by Gasteiger charge is 2.40. The molecule has 0 aromatic carbocycles. The van der Waals surface area contributed by atoms with Crippen LogP contribution in [0.15, 0.2) is 28.9 Å². The molecule has 0 saturated carbocycles. The molecule has 2 rings (SSSR count). The van der Waals surface area contributed by atoms with Crippen molar-refractivity contribution in [3.63, 3.8) is 0 Å². The quantitative estimate of drug-likeness (QED) is 0.270. The zero-order valence-electron chi connectivity index (χ0n) is 16.7. The van der Waals surface area contributed by atoms with E-state index in [9.17, 15) is 0 Å². The van der Waals surface area contributed by atoms with E-state index in [0.717, 1.165) is 25.7 Å². The summed E-state index contributed by atoms with van der Waals surface area (Å²) in [5, 5.41) is 0. The second kappa shape index (κ2) is 11.0. The highest BCUT2D eigenvalue weighted by atomic mass is 79.9. The van der Waals surface area contributed by atoms with Crippen molar-refractivity contribution in [2.45, 2.75) is 102 Å². The van der Waals surface area contributed by atoms with Crippen LogP contribution in [0.4, 0.5) is 0 Å². The Balaban J connectivity index is 2.15. The van der Waals surface area contributed by atoms with Crippen LogP contribution in [0.25, 0.3) is 0 Å². The molecular weight excluding hydrogens is 408 g/mol. The van der Waals surface area contributed by atoms with Crippen LogP contribution in [-0.4, -0.2) is 38.8 Å². The third-order valence-electron chi connectivity index (χ3n) is 5.98. The number of ether oxygens (including phenoxy) is 2. The van der Waals surface area contributed by atoms with Gasteiger partial charge in [-0.1, -0.05) is 55.8 Å². The maximum absolute atomic E-state index is 6.85. The second-order valence-electron chi connectivity index (χ2n) is 7.36. The van der Waals surface area contributed by atoms with Gasteiger partial charge in [-0.3, -0.25) is 0 Å². The molecule has 0 spiro atoms.